The van der Waals surface area contributed by atoms with E-state index in [4.69, 9.17) is 16.3 Å². The Labute approximate surface area is 141 Å². The van der Waals surface area contributed by atoms with Crippen molar-refractivity contribution < 1.29 is 18.3 Å². The summed E-state index contributed by atoms with van der Waals surface area (Å²) in [6.45, 7) is 3.18. The Morgan fingerprint density at radius 1 is 1.30 bits per heavy atom. The number of ether oxygens (including phenoxy) is 1. The number of β-amino-alcohol motifs (C(OH)–C–C–N with tert-alkyl or cyclic N) is 1. The fraction of sp³-hybridized carbons (Fsp3) is 0.467. The first-order chi connectivity index (χ1) is 10.9. The molecule has 8 heteroatoms. The van der Waals surface area contributed by atoms with Crippen molar-refractivity contribution in [2.45, 2.75) is 6.10 Å². The van der Waals surface area contributed by atoms with E-state index in [1.54, 1.807) is 24.3 Å². The molecule has 0 saturated carbocycles. The van der Waals surface area contributed by atoms with E-state index in [1.165, 1.54) is 6.08 Å². The molecule has 2 N–H and O–H groups in total. The number of rotatable bonds is 7. The summed E-state index contributed by atoms with van der Waals surface area (Å²) >= 11 is 5.77. The van der Waals surface area contributed by atoms with Crippen LogP contribution in [0, 0.1) is 0 Å². The average molecular weight is 361 g/mol. The number of aliphatic hydroxyl groups excluding tert-OH is 1. The van der Waals surface area contributed by atoms with E-state index in [-0.39, 0.29) is 6.54 Å². The average Bonchev–Trinajstić information content (AvgIpc) is 2.54. The van der Waals surface area contributed by atoms with Gasteiger partial charge in [-0.1, -0.05) is 23.7 Å². The highest BCUT2D eigenvalue weighted by Gasteiger charge is 2.16. The molecule has 1 aromatic carbocycles. The summed E-state index contributed by atoms with van der Waals surface area (Å²) in [5, 5.41) is 11.6. The van der Waals surface area contributed by atoms with Gasteiger partial charge in [0.05, 0.1) is 19.3 Å². The molecule has 0 aliphatic carbocycles. The van der Waals surface area contributed by atoms with Crippen LogP contribution in [0.2, 0.25) is 5.02 Å². The van der Waals surface area contributed by atoms with E-state index < -0.39 is 16.1 Å². The number of morpholine rings is 1. The fourth-order valence-corrected chi connectivity index (χ4v) is 3.13. The van der Waals surface area contributed by atoms with Gasteiger partial charge in [-0.05, 0) is 23.8 Å². The summed E-state index contributed by atoms with van der Waals surface area (Å²) in [4.78, 5) is 2.05. The lowest BCUT2D eigenvalue weighted by atomic mass is 10.2. The first kappa shape index (κ1) is 18.4. The number of hydrogen-bond acceptors (Lipinski definition) is 5. The van der Waals surface area contributed by atoms with Gasteiger partial charge in [0.25, 0.3) is 0 Å². The highest BCUT2D eigenvalue weighted by molar-refractivity contribution is 7.92. The van der Waals surface area contributed by atoms with E-state index in [9.17, 15) is 13.5 Å². The molecule has 6 nitrogen and oxygen atoms in total. The summed E-state index contributed by atoms with van der Waals surface area (Å²) < 4.78 is 31.4. The van der Waals surface area contributed by atoms with Gasteiger partial charge in [-0.15, -0.1) is 0 Å². The van der Waals surface area contributed by atoms with Crippen molar-refractivity contribution in [1.29, 1.82) is 0 Å². The van der Waals surface area contributed by atoms with Crippen molar-refractivity contribution in [3.05, 3.63) is 40.3 Å². The number of hydrogen-bond donors (Lipinski definition) is 2. The van der Waals surface area contributed by atoms with Gasteiger partial charge in [0.2, 0.25) is 10.0 Å². The van der Waals surface area contributed by atoms with Crippen LogP contribution in [-0.2, 0) is 14.8 Å². The third-order valence-electron chi connectivity index (χ3n) is 3.40. The molecule has 0 spiro atoms. The van der Waals surface area contributed by atoms with Crippen molar-refractivity contribution in [2.75, 3.05) is 39.4 Å². The SMILES string of the molecule is O=S(=O)(/C=C/c1ccc(Cl)cc1)NCC(O)CN1CCOCC1. The molecule has 1 heterocycles. The van der Waals surface area contributed by atoms with Crippen molar-refractivity contribution in [3.63, 3.8) is 0 Å². The maximum absolute atomic E-state index is 11.9. The van der Waals surface area contributed by atoms with Gasteiger partial charge in [-0.2, -0.15) is 0 Å². The second kappa shape index (κ2) is 8.77. The number of aliphatic hydroxyl groups is 1. The lowest BCUT2D eigenvalue weighted by Crippen LogP contribution is -2.44. The van der Waals surface area contributed by atoms with Crippen LogP contribution >= 0.6 is 11.6 Å². The Morgan fingerprint density at radius 2 is 1.96 bits per heavy atom. The van der Waals surface area contributed by atoms with E-state index in [0.717, 1.165) is 24.1 Å². The zero-order valence-corrected chi connectivity index (χ0v) is 14.3. The molecule has 1 saturated heterocycles. The Kier molecular flexibility index (Phi) is 7.01. The third-order valence-corrected chi connectivity index (χ3v) is 4.72. The molecule has 0 radical (unpaired) electrons. The van der Waals surface area contributed by atoms with Gasteiger partial charge in [-0.3, -0.25) is 4.90 Å². The van der Waals surface area contributed by atoms with Gasteiger partial charge >= 0.3 is 0 Å². The lowest BCUT2D eigenvalue weighted by Gasteiger charge is -2.28. The predicted molar refractivity (Wildman–Crippen MR) is 90.7 cm³/mol. The summed E-state index contributed by atoms with van der Waals surface area (Å²) in [6.07, 6.45) is 0.722. The molecule has 0 bridgehead atoms. The summed E-state index contributed by atoms with van der Waals surface area (Å²) in [5.41, 5.74) is 0.730. The molecule has 128 valence electrons. The highest BCUT2D eigenvalue weighted by atomic mass is 35.5. The minimum Gasteiger partial charge on any atom is -0.390 e. The normalized spacial score (nSPS) is 18.3. The Bertz CT molecular complexity index is 613. The molecule has 23 heavy (non-hydrogen) atoms. The van der Waals surface area contributed by atoms with Crippen LogP contribution in [0.5, 0.6) is 0 Å². The second-order valence-corrected chi connectivity index (χ2v) is 7.40. The van der Waals surface area contributed by atoms with Gasteiger partial charge in [0.1, 0.15) is 0 Å². The topological polar surface area (TPSA) is 78.9 Å². The van der Waals surface area contributed by atoms with Crippen molar-refractivity contribution >= 4 is 27.7 Å². The number of nitrogens with zero attached hydrogens (tertiary/aromatic N) is 1. The van der Waals surface area contributed by atoms with E-state index in [0.29, 0.717) is 24.8 Å². The summed E-state index contributed by atoms with van der Waals surface area (Å²) in [7, 11) is -3.59. The van der Waals surface area contributed by atoms with E-state index in [1.807, 2.05) is 4.90 Å². The largest absolute Gasteiger partial charge is 0.390 e. The second-order valence-electron chi connectivity index (χ2n) is 5.31. The van der Waals surface area contributed by atoms with Crippen molar-refractivity contribution in [1.82, 2.24) is 9.62 Å². The first-order valence-corrected chi connectivity index (χ1v) is 9.28. The molecular formula is C15H21ClN2O4S. The molecule has 1 fully saturated rings. The maximum Gasteiger partial charge on any atom is 0.233 e. The zero-order chi connectivity index (χ0) is 16.7. The fourth-order valence-electron chi connectivity index (χ4n) is 2.15. The van der Waals surface area contributed by atoms with Gasteiger partial charge in [-0.25, -0.2) is 13.1 Å². The quantitative estimate of drug-likeness (QED) is 0.756. The maximum atomic E-state index is 11.9. The minimum atomic E-state index is -3.59. The smallest absolute Gasteiger partial charge is 0.233 e. The van der Waals surface area contributed by atoms with Gasteiger partial charge in [0, 0.05) is 36.6 Å². The Hall–Kier alpha value is -0.960. The minimum absolute atomic E-state index is 0.0232. The number of sulfonamides is 1. The number of nitrogens with one attached hydrogen (secondary N) is 1. The molecule has 1 aliphatic rings. The van der Waals surface area contributed by atoms with Crippen LogP contribution in [0.1, 0.15) is 5.56 Å². The third kappa shape index (κ3) is 6.99. The Balaban J connectivity index is 1.79. The van der Waals surface area contributed by atoms with Crippen LogP contribution < -0.4 is 4.72 Å². The van der Waals surface area contributed by atoms with E-state index >= 15 is 0 Å². The van der Waals surface area contributed by atoms with Gasteiger partial charge < -0.3 is 9.84 Å². The predicted octanol–water partition coefficient (Wildman–Crippen LogP) is 0.923. The van der Waals surface area contributed by atoms with Crippen LogP contribution in [-0.4, -0.2) is 63.9 Å². The summed E-state index contributed by atoms with van der Waals surface area (Å²) in [6, 6.07) is 6.82. The first-order valence-electron chi connectivity index (χ1n) is 7.36. The molecule has 1 aliphatic heterocycles. The van der Waals surface area contributed by atoms with Crippen LogP contribution in [0.15, 0.2) is 29.7 Å². The molecule has 1 unspecified atom stereocenters. The number of halogens is 1. The van der Waals surface area contributed by atoms with Gasteiger partial charge in [0.15, 0.2) is 0 Å². The standard InChI is InChI=1S/C15H21ClN2O4S/c16-14-3-1-13(2-4-14)5-10-23(20,21)17-11-15(19)12-18-6-8-22-9-7-18/h1-5,10,15,17,19H,6-9,11-12H2/b10-5+. The molecule has 2 rings (SSSR count). The highest BCUT2D eigenvalue weighted by Crippen LogP contribution is 2.11. The molecule has 0 amide bonds. The van der Waals surface area contributed by atoms with Crippen LogP contribution in [0.25, 0.3) is 6.08 Å². The monoisotopic (exact) mass is 360 g/mol. The number of benzene rings is 1. The molecule has 0 aromatic heterocycles. The van der Waals surface area contributed by atoms with Crippen molar-refractivity contribution in [2.24, 2.45) is 0 Å². The zero-order valence-electron chi connectivity index (χ0n) is 12.7. The van der Waals surface area contributed by atoms with Crippen molar-refractivity contribution in [3.8, 4) is 0 Å². The molecule has 1 aromatic rings. The van der Waals surface area contributed by atoms with Crippen LogP contribution in [0.3, 0.4) is 0 Å². The molecular weight excluding hydrogens is 340 g/mol. The Morgan fingerprint density at radius 3 is 2.61 bits per heavy atom. The lowest BCUT2D eigenvalue weighted by molar-refractivity contribution is 0.0158. The van der Waals surface area contributed by atoms with Crippen LogP contribution in [0.4, 0.5) is 0 Å². The van der Waals surface area contributed by atoms with E-state index in [2.05, 4.69) is 4.72 Å². The molecule has 1 atom stereocenters. The summed E-state index contributed by atoms with van der Waals surface area (Å²) in [5.74, 6) is 0.